The molecule has 0 unspecified atom stereocenters. The van der Waals surface area contributed by atoms with Gasteiger partial charge in [-0.2, -0.15) is 0 Å². The standard InChI is InChI=1S/C17H24ClNO5.C2H6/c1-3-23-17(22)19-10-4-5-11-9(6-10)7-12-13(14(11)15(18)20)8(2)24-16(12)21;1-2/h8-14H,3-7H2,1-2H3,(H,19,22);1-2H3/t8-,9+,10-,11-,12-,13-,14+;/m1./s1. The summed E-state index contributed by atoms with van der Waals surface area (Å²) in [4.78, 5) is 35.9. The van der Waals surface area contributed by atoms with Gasteiger partial charge in [0.2, 0.25) is 5.24 Å². The van der Waals surface area contributed by atoms with E-state index in [4.69, 9.17) is 21.1 Å². The molecule has 1 heterocycles. The molecule has 3 rings (SSSR count). The summed E-state index contributed by atoms with van der Waals surface area (Å²) in [6.07, 6.45) is 2.39. The number of fused-ring (bicyclic) bond motifs is 2. The highest BCUT2D eigenvalue weighted by Crippen LogP contribution is 2.53. The van der Waals surface area contributed by atoms with Crippen molar-refractivity contribution in [3.63, 3.8) is 0 Å². The van der Waals surface area contributed by atoms with Crippen molar-refractivity contribution in [2.45, 2.75) is 65.5 Å². The Balaban J connectivity index is 0.00000117. The van der Waals surface area contributed by atoms with Crippen LogP contribution in [0.15, 0.2) is 0 Å². The molecule has 0 aromatic heterocycles. The fraction of sp³-hybridized carbons (Fsp3) is 0.842. The van der Waals surface area contributed by atoms with Crippen LogP contribution in [0, 0.1) is 29.6 Å². The molecule has 0 aromatic rings. The molecule has 2 saturated carbocycles. The fourth-order valence-electron chi connectivity index (χ4n) is 5.06. The zero-order chi connectivity index (χ0) is 19.4. The van der Waals surface area contributed by atoms with Gasteiger partial charge in [0, 0.05) is 17.9 Å². The van der Waals surface area contributed by atoms with Crippen molar-refractivity contribution in [3.05, 3.63) is 0 Å². The SMILES string of the molecule is CC.CCOC(=O)N[C@@H]1CC[C@@H]2[C@@H](C1)C[C@H]1C(=O)O[C@H](C)[C@H]1[C@H]2C(=O)Cl. The summed E-state index contributed by atoms with van der Waals surface area (Å²) in [5.74, 6) is -0.561. The molecular formula is C19H30ClNO5. The smallest absolute Gasteiger partial charge is 0.407 e. The van der Waals surface area contributed by atoms with Crippen LogP contribution in [-0.4, -0.2) is 36.1 Å². The van der Waals surface area contributed by atoms with Crippen LogP contribution in [0.1, 0.15) is 53.4 Å². The maximum Gasteiger partial charge on any atom is 0.407 e. The second-order valence-electron chi connectivity index (χ2n) is 7.19. The summed E-state index contributed by atoms with van der Waals surface area (Å²) in [7, 11) is 0. The number of carbonyl (C=O) groups excluding carboxylic acids is 3. The zero-order valence-electron chi connectivity index (χ0n) is 16.0. The molecule has 1 aliphatic heterocycles. The number of cyclic esters (lactones) is 1. The Morgan fingerprint density at radius 3 is 2.58 bits per heavy atom. The number of halogens is 1. The third kappa shape index (κ3) is 4.16. The van der Waals surface area contributed by atoms with E-state index in [0.29, 0.717) is 13.0 Å². The maximum absolute atomic E-state index is 12.1. The largest absolute Gasteiger partial charge is 0.462 e. The van der Waals surface area contributed by atoms with Crippen LogP contribution >= 0.6 is 11.6 Å². The van der Waals surface area contributed by atoms with Crippen LogP contribution in [0.4, 0.5) is 4.79 Å². The highest BCUT2D eigenvalue weighted by Gasteiger charge is 2.57. The quantitative estimate of drug-likeness (QED) is 0.592. The fourth-order valence-corrected chi connectivity index (χ4v) is 5.37. The first kappa shape index (κ1) is 21.0. The Bertz CT molecular complexity index is 540. The highest BCUT2D eigenvalue weighted by molar-refractivity contribution is 6.64. The number of esters is 1. The van der Waals surface area contributed by atoms with Crippen LogP contribution < -0.4 is 5.32 Å². The summed E-state index contributed by atoms with van der Waals surface area (Å²) < 4.78 is 10.3. The first-order chi connectivity index (χ1) is 12.4. The summed E-state index contributed by atoms with van der Waals surface area (Å²) in [6.45, 7) is 7.95. The Hall–Kier alpha value is -1.30. The molecule has 2 aliphatic carbocycles. The van der Waals surface area contributed by atoms with E-state index in [1.165, 1.54) is 0 Å². The third-order valence-electron chi connectivity index (χ3n) is 5.94. The van der Waals surface area contributed by atoms with Gasteiger partial charge in [0.1, 0.15) is 6.10 Å². The van der Waals surface area contributed by atoms with Gasteiger partial charge in [-0.3, -0.25) is 9.59 Å². The van der Waals surface area contributed by atoms with Crippen LogP contribution in [0.25, 0.3) is 0 Å². The molecule has 6 nitrogen and oxygen atoms in total. The maximum atomic E-state index is 12.1. The van der Waals surface area contributed by atoms with Gasteiger partial charge in [0.15, 0.2) is 0 Å². The van der Waals surface area contributed by atoms with Crippen molar-refractivity contribution in [1.29, 1.82) is 0 Å². The van der Waals surface area contributed by atoms with E-state index in [2.05, 4.69) is 5.32 Å². The van der Waals surface area contributed by atoms with Gasteiger partial charge in [-0.25, -0.2) is 4.79 Å². The van der Waals surface area contributed by atoms with E-state index in [-0.39, 0.29) is 52.9 Å². The highest BCUT2D eigenvalue weighted by atomic mass is 35.5. The van der Waals surface area contributed by atoms with Crippen molar-refractivity contribution in [2.75, 3.05) is 6.61 Å². The summed E-state index contributed by atoms with van der Waals surface area (Å²) >= 11 is 5.92. The first-order valence-corrected chi connectivity index (χ1v) is 10.1. The Morgan fingerprint density at radius 2 is 1.96 bits per heavy atom. The molecule has 0 radical (unpaired) electrons. The van der Waals surface area contributed by atoms with E-state index >= 15 is 0 Å². The number of nitrogens with one attached hydrogen (secondary N) is 1. The van der Waals surface area contributed by atoms with E-state index in [1.807, 2.05) is 20.8 Å². The molecule has 0 bridgehead atoms. The molecule has 148 valence electrons. The van der Waals surface area contributed by atoms with Crippen LogP contribution in [-0.2, 0) is 19.1 Å². The Kier molecular flexibility index (Phi) is 7.33. The number of carbonyl (C=O) groups is 3. The number of amides is 1. The van der Waals surface area contributed by atoms with Crippen LogP contribution in [0.5, 0.6) is 0 Å². The van der Waals surface area contributed by atoms with Crippen LogP contribution in [0.3, 0.4) is 0 Å². The van der Waals surface area contributed by atoms with Crippen molar-refractivity contribution in [1.82, 2.24) is 5.32 Å². The normalized spacial score (nSPS) is 38.0. The molecule has 7 heteroatoms. The Labute approximate surface area is 160 Å². The Morgan fingerprint density at radius 1 is 1.27 bits per heavy atom. The van der Waals surface area contributed by atoms with Crippen molar-refractivity contribution in [2.24, 2.45) is 29.6 Å². The van der Waals surface area contributed by atoms with E-state index in [0.717, 1.165) is 19.3 Å². The molecule has 26 heavy (non-hydrogen) atoms. The summed E-state index contributed by atoms with van der Waals surface area (Å²) in [5.41, 5.74) is 0. The second-order valence-corrected chi connectivity index (χ2v) is 7.56. The average Bonchev–Trinajstić information content (AvgIpc) is 2.88. The van der Waals surface area contributed by atoms with Crippen molar-refractivity contribution in [3.8, 4) is 0 Å². The van der Waals surface area contributed by atoms with E-state index in [1.54, 1.807) is 6.92 Å². The topological polar surface area (TPSA) is 81.7 Å². The average molecular weight is 388 g/mol. The van der Waals surface area contributed by atoms with Crippen molar-refractivity contribution >= 4 is 28.9 Å². The molecule has 1 N–H and O–H groups in total. The monoisotopic (exact) mass is 387 g/mol. The zero-order valence-corrected chi connectivity index (χ0v) is 16.8. The third-order valence-corrected chi connectivity index (χ3v) is 6.20. The van der Waals surface area contributed by atoms with Crippen molar-refractivity contribution < 1.29 is 23.9 Å². The summed E-state index contributed by atoms with van der Waals surface area (Å²) in [6, 6.07) is 0.0165. The van der Waals surface area contributed by atoms with Gasteiger partial charge in [0.05, 0.1) is 12.5 Å². The molecule has 3 aliphatic rings. The van der Waals surface area contributed by atoms with Gasteiger partial charge in [-0.05, 0) is 63.0 Å². The van der Waals surface area contributed by atoms with Gasteiger partial charge in [-0.1, -0.05) is 13.8 Å². The lowest BCUT2D eigenvalue weighted by Gasteiger charge is -2.47. The van der Waals surface area contributed by atoms with Crippen LogP contribution in [0.2, 0.25) is 0 Å². The molecule has 0 spiro atoms. The predicted molar refractivity (Wildman–Crippen MR) is 97.6 cm³/mol. The molecule has 3 fully saturated rings. The number of rotatable bonds is 3. The molecular weight excluding hydrogens is 358 g/mol. The number of hydrogen-bond donors (Lipinski definition) is 1. The molecule has 1 amide bonds. The van der Waals surface area contributed by atoms with Gasteiger partial charge in [-0.15, -0.1) is 0 Å². The molecule has 0 aromatic carbocycles. The van der Waals surface area contributed by atoms with E-state index in [9.17, 15) is 14.4 Å². The van der Waals surface area contributed by atoms with E-state index < -0.39 is 6.09 Å². The second kappa shape index (κ2) is 9.07. The number of alkyl carbamates (subject to hydrolysis) is 1. The van der Waals surface area contributed by atoms with Gasteiger partial charge in [0.25, 0.3) is 0 Å². The lowest BCUT2D eigenvalue weighted by atomic mass is 9.57. The van der Waals surface area contributed by atoms with Gasteiger partial charge < -0.3 is 14.8 Å². The van der Waals surface area contributed by atoms with Gasteiger partial charge >= 0.3 is 12.1 Å². The minimum atomic E-state index is -0.409. The first-order valence-electron chi connectivity index (χ1n) is 9.75. The predicted octanol–water partition coefficient (Wildman–Crippen LogP) is 3.51. The number of hydrogen-bond acceptors (Lipinski definition) is 5. The lowest BCUT2D eigenvalue weighted by Crippen LogP contribution is -2.50. The molecule has 1 saturated heterocycles. The minimum Gasteiger partial charge on any atom is -0.462 e. The lowest BCUT2D eigenvalue weighted by molar-refractivity contribution is -0.144. The molecule has 7 atom stereocenters. The number of ether oxygens (including phenoxy) is 2. The minimum absolute atomic E-state index is 0.0165. The summed E-state index contributed by atoms with van der Waals surface area (Å²) in [5, 5.41) is 2.52.